The Labute approximate surface area is 269 Å². The zero-order valence-electron chi connectivity index (χ0n) is 26.4. The first-order chi connectivity index (χ1) is 21.3. The second kappa shape index (κ2) is 13.4. The summed E-state index contributed by atoms with van der Waals surface area (Å²) in [6.45, 7) is 10.0. The highest BCUT2D eigenvalue weighted by Crippen LogP contribution is 2.40. The number of amides is 3. The zero-order chi connectivity index (χ0) is 32.4. The van der Waals surface area contributed by atoms with E-state index < -0.39 is 15.6 Å². The largest absolute Gasteiger partial charge is 0.447 e. The molecular weight excluding hydrogens is 613 g/mol. The lowest BCUT2D eigenvalue weighted by atomic mass is 9.86. The SMILES string of the molecule is CC(C)OC(=O)NC1CCC(c2ncc(-c3ccc(NC(=O)N4CCc5cnccc5C4)cc3S(=O)(=O)NC(C)(C)C)s2)CC1. The van der Waals surface area contributed by atoms with Gasteiger partial charge < -0.3 is 20.3 Å². The van der Waals surface area contributed by atoms with Crippen molar-refractivity contribution in [2.24, 2.45) is 0 Å². The monoisotopic (exact) mass is 654 g/mol. The van der Waals surface area contributed by atoms with Crippen molar-refractivity contribution >= 4 is 39.2 Å². The highest BCUT2D eigenvalue weighted by atomic mass is 32.2. The maximum Gasteiger partial charge on any atom is 0.407 e. The number of ether oxygens (including phenoxy) is 1. The van der Waals surface area contributed by atoms with E-state index >= 15 is 0 Å². The number of nitrogens with one attached hydrogen (secondary N) is 3. The van der Waals surface area contributed by atoms with Crippen LogP contribution in [0.3, 0.4) is 0 Å². The van der Waals surface area contributed by atoms with Crippen molar-refractivity contribution < 1.29 is 22.7 Å². The summed E-state index contributed by atoms with van der Waals surface area (Å²) >= 11 is 1.48. The Kier molecular flexibility index (Phi) is 9.80. The fourth-order valence-electron chi connectivity index (χ4n) is 5.74. The number of nitrogens with zero attached hydrogens (tertiary/aromatic N) is 3. The molecule has 0 spiro atoms. The average Bonchev–Trinajstić information content (AvgIpc) is 3.46. The molecule has 1 aromatic carbocycles. The summed E-state index contributed by atoms with van der Waals surface area (Å²) in [6, 6.07) is 6.68. The van der Waals surface area contributed by atoms with Gasteiger partial charge in [-0.05, 0) is 96.0 Å². The van der Waals surface area contributed by atoms with Gasteiger partial charge in [-0.15, -0.1) is 11.3 Å². The minimum Gasteiger partial charge on any atom is -0.447 e. The quantitative estimate of drug-likeness (QED) is 0.282. The second-order valence-corrected chi connectivity index (χ2v) is 15.7. The first-order valence-corrected chi connectivity index (χ1v) is 17.7. The number of pyridine rings is 1. The molecule has 1 fully saturated rings. The summed E-state index contributed by atoms with van der Waals surface area (Å²) in [6.07, 6.45) is 8.79. The van der Waals surface area contributed by atoms with Crippen LogP contribution in [-0.2, 0) is 27.7 Å². The summed E-state index contributed by atoms with van der Waals surface area (Å²) in [5, 5.41) is 6.80. The van der Waals surface area contributed by atoms with Crippen LogP contribution >= 0.6 is 11.3 Å². The molecule has 0 bridgehead atoms. The molecule has 0 saturated heterocycles. The molecule has 2 aromatic heterocycles. The van der Waals surface area contributed by atoms with Crippen LogP contribution in [0.5, 0.6) is 0 Å². The zero-order valence-corrected chi connectivity index (χ0v) is 28.1. The minimum absolute atomic E-state index is 0.0617. The van der Waals surface area contributed by atoms with Gasteiger partial charge in [0.05, 0.1) is 20.9 Å². The molecular formula is C32H42N6O5S2. The summed E-state index contributed by atoms with van der Waals surface area (Å²) in [7, 11) is -3.96. The molecule has 0 atom stereocenters. The Morgan fingerprint density at radius 2 is 1.82 bits per heavy atom. The van der Waals surface area contributed by atoms with Crippen molar-refractivity contribution in [2.75, 3.05) is 11.9 Å². The van der Waals surface area contributed by atoms with Gasteiger partial charge in [0.2, 0.25) is 10.0 Å². The number of carbonyl (C=O) groups excluding carboxylic acids is 2. The standard InChI is InChI=1S/C32H42N6O5S2/c1-20(2)43-31(40)36-24-8-6-21(7-9-24)29-34-18-27(44-29)26-11-10-25(16-28(26)45(41,42)37-32(3,4)5)35-30(39)38-15-13-22-17-33-14-12-23(22)19-38/h10-12,14,16-18,20-21,24,37H,6-9,13,15,19H2,1-5H3,(H,35,39)(H,36,40). The molecule has 3 aromatic rings. The van der Waals surface area contributed by atoms with E-state index in [0.29, 0.717) is 30.8 Å². The molecule has 2 aliphatic rings. The van der Waals surface area contributed by atoms with E-state index in [1.165, 1.54) is 17.4 Å². The fraction of sp³-hybridized carbons (Fsp3) is 0.500. The number of sulfonamides is 1. The molecule has 1 aliphatic heterocycles. The predicted octanol–water partition coefficient (Wildman–Crippen LogP) is 6.03. The number of urea groups is 1. The van der Waals surface area contributed by atoms with E-state index in [2.05, 4.69) is 20.3 Å². The molecule has 1 saturated carbocycles. The smallest absolute Gasteiger partial charge is 0.407 e. The normalized spacial score (nSPS) is 18.8. The number of rotatable bonds is 7. The van der Waals surface area contributed by atoms with Crippen LogP contribution < -0.4 is 15.4 Å². The van der Waals surface area contributed by atoms with Crippen molar-refractivity contribution in [3.05, 3.63) is 59.0 Å². The van der Waals surface area contributed by atoms with Crippen LogP contribution in [0.25, 0.3) is 10.4 Å². The highest BCUT2D eigenvalue weighted by Gasteiger charge is 2.30. The van der Waals surface area contributed by atoms with Crippen molar-refractivity contribution in [3.8, 4) is 10.4 Å². The lowest BCUT2D eigenvalue weighted by Crippen LogP contribution is -2.41. The van der Waals surface area contributed by atoms with E-state index in [1.807, 2.05) is 26.1 Å². The number of thiazole rings is 1. The van der Waals surface area contributed by atoms with Gasteiger partial charge in [0.15, 0.2) is 0 Å². The Balaban J connectivity index is 1.34. The van der Waals surface area contributed by atoms with Gasteiger partial charge in [0.25, 0.3) is 0 Å². The van der Waals surface area contributed by atoms with Crippen LogP contribution in [0.2, 0.25) is 0 Å². The molecule has 45 heavy (non-hydrogen) atoms. The molecule has 0 unspecified atom stereocenters. The van der Waals surface area contributed by atoms with E-state index in [9.17, 15) is 18.0 Å². The molecule has 13 heteroatoms. The molecule has 5 rings (SSSR count). The maximum atomic E-state index is 13.7. The number of anilines is 1. The van der Waals surface area contributed by atoms with Crippen LogP contribution in [0.1, 0.15) is 82.4 Å². The molecule has 3 N–H and O–H groups in total. The van der Waals surface area contributed by atoms with Crippen molar-refractivity contribution in [3.63, 3.8) is 0 Å². The Hall–Kier alpha value is -3.55. The number of hydrogen-bond acceptors (Lipinski definition) is 8. The van der Waals surface area contributed by atoms with Gasteiger partial charge >= 0.3 is 12.1 Å². The summed E-state index contributed by atoms with van der Waals surface area (Å²) < 4.78 is 35.4. The molecule has 242 valence electrons. The van der Waals surface area contributed by atoms with E-state index in [4.69, 9.17) is 9.72 Å². The molecule has 3 heterocycles. The predicted molar refractivity (Wildman–Crippen MR) is 175 cm³/mol. The first-order valence-electron chi connectivity index (χ1n) is 15.4. The third-order valence-corrected chi connectivity index (χ3v) is 10.8. The molecule has 0 radical (unpaired) electrons. The lowest BCUT2D eigenvalue weighted by molar-refractivity contribution is 0.109. The number of aromatic nitrogens is 2. The van der Waals surface area contributed by atoms with Crippen LogP contribution in [0.15, 0.2) is 47.8 Å². The third kappa shape index (κ3) is 8.39. The van der Waals surface area contributed by atoms with Gasteiger partial charge in [0, 0.05) is 60.4 Å². The maximum absolute atomic E-state index is 13.7. The van der Waals surface area contributed by atoms with Gasteiger partial charge in [-0.3, -0.25) is 4.98 Å². The Morgan fingerprint density at radius 3 is 2.53 bits per heavy atom. The summed E-state index contributed by atoms with van der Waals surface area (Å²) in [4.78, 5) is 36.6. The Bertz CT molecular complexity index is 1640. The molecule has 1 aliphatic carbocycles. The van der Waals surface area contributed by atoms with Crippen LogP contribution in [0, 0.1) is 0 Å². The van der Waals surface area contributed by atoms with Crippen LogP contribution in [0.4, 0.5) is 15.3 Å². The number of carbonyl (C=O) groups is 2. The number of hydrogen-bond donors (Lipinski definition) is 3. The van der Waals surface area contributed by atoms with E-state index in [1.54, 1.807) is 50.2 Å². The van der Waals surface area contributed by atoms with Crippen molar-refractivity contribution in [1.29, 1.82) is 0 Å². The fourth-order valence-corrected chi connectivity index (χ4v) is 8.59. The second-order valence-electron chi connectivity index (χ2n) is 13.0. The molecule has 11 nitrogen and oxygen atoms in total. The van der Waals surface area contributed by atoms with Crippen molar-refractivity contribution in [2.45, 2.75) is 102 Å². The van der Waals surface area contributed by atoms with E-state index in [0.717, 1.165) is 46.7 Å². The Morgan fingerprint density at radius 1 is 1.07 bits per heavy atom. The van der Waals surface area contributed by atoms with E-state index in [-0.39, 0.29) is 35.1 Å². The average molecular weight is 655 g/mol. The lowest BCUT2D eigenvalue weighted by Gasteiger charge is -2.28. The number of alkyl carbamates (subject to hydrolysis) is 1. The van der Waals surface area contributed by atoms with Crippen molar-refractivity contribution in [1.82, 2.24) is 24.9 Å². The molecule has 3 amide bonds. The van der Waals surface area contributed by atoms with Gasteiger partial charge in [-0.25, -0.2) is 27.7 Å². The van der Waals surface area contributed by atoms with Gasteiger partial charge in [-0.1, -0.05) is 6.07 Å². The number of benzene rings is 1. The summed E-state index contributed by atoms with van der Waals surface area (Å²) in [5.41, 5.74) is 2.40. The third-order valence-electron chi connectivity index (χ3n) is 7.80. The minimum atomic E-state index is -3.96. The first kappa shape index (κ1) is 32.8. The summed E-state index contributed by atoms with van der Waals surface area (Å²) in [5.74, 6) is 0.222. The number of fused-ring (bicyclic) bond motifs is 1. The van der Waals surface area contributed by atoms with Gasteiger partial charge in [-0.2, -0.15) is 0 Å². The highest BCUT2D eigenvalue weighted by molar-refractivity contribution is 7.89. The topological polar surface area (TPSA) is 143 Å². The van der Waals surface area contributed by atoms with Crippen LogP contribution in [-0.4, -0.2) is 59.6 Å². The van der Waals surface area contributed by atoms with Gasteiger partial charge in [0.1, 0.15) is 0 Å².